The topological polar surface area (TPSA) is 53.6 Å². The zero-order valence-electron chi connectivity index (χ0n) is 11.3. The van der Waals surface area contributed by atoms with Gasteiger partial charge >= 0.3 is 0 Å². The highest BCUT2D eigenvalue weighted by Gasteiger charge is 2.41. The average Bonchev–Trinajstić information content (AvgIpc) is 2.48. The Bertz CT molecular complexity index is 532. The van der Waals surface area contributed by atoms with E-state index in [9.17, 15) is 4.79 Å². The van der Waals surface area contributed by atoms with Gasteiger partial charge in [0.2, 0.25) is 5.91 Å². The maximum Gasteiger partial charge on any atom is 0.232 e. The predicted octanol–water partition coefficient (Wildman–Crippen LogP) is 1.24. The summed E-state index contributed by atoms with van der Waals surface area (Å²) in [6.07, 6.45) is 1.84. The Morgan fingerprint density at radius 3 is 2.80 bits per heavy atom. The molecule has 3 rings (SSSR count). The fourth-order valence-electron chi connectivity index (χ4n) is 2.82. The molecule has 1 aromatic carbocycles. The Morgan fingerprint density at radius 1 is 1.35 bits per heavy atom. The Kier molecular flexibility index (Phi) is 3.58. The number of benzene rings is 1. The number of methoxy groups -OCH3 is 1. The zero-order valence-corrected chi connectivity index (χ0v) is 12.1. The van der Waals surface area contributed by atoms with Crippen LogP contribution in [0, 0.1) is 5.92 Å². The summed E-state index contributed by atoms with van der Waals surface area (Å²) in [6, 6.07) is 7.70. The van der Waals surface area contributed by atoms with E-state index in [-0.39, 0.29) is 18.0 Å². The zero-order chi connectivity index (χ0) is 14.1. The summed E-state index contributed by atoms with van der Waals surface area (Å²) >= 11 is 5.34. The van der Waals surface area contributed by atoms with E-state index in [1.807, 2.05) is 29.2 Å². The molecule has 2 unspecified atom stereocenters. The van der Waals surface area contributed by atoms with Gasteiger partial charge in [-0.15, -0.1) is 0 Å². The quantitative estimate of drug-likeness (QED) is 0.803. The smallest absolute Gasteiger partial charge is 0.232 e. The molecule has 1 aromatic rings. The summed E-state index contributed by atoms with van der Waals surface area (Å²) < 4.78 is 5.17. The molecule has 20 heavy (non-hydrogen) atoms. The molecule has 2 atom stereocenters. The van der Waals surface area contributed by atoms with Crippen LogP contribution in [0.5, 0.6) is 5.75 Å². The molecule has 106 valence electrons. The van der Waals surface area contributed by atoms with E-state index in [2.05, 4.69) is 10.6 Å². The van der Waals surface area contributed by atoms with Crippen LogP contribution in [0.2, 0.25) is 0 Å². The van der Waals surface area contributed by atoms with Gasteiger partial charge in [-0.3, -0.25) is 10.1 Å². The number of thiocarbonyl (C=S) groups is 1. The Hall–Kier alpha value is -1.66. The van der Waals surface area contributed by atoms with Crippen LogP contribution in [-0.4, -0.2) is 30.8 Å². The summed E-state index contributed by atoms with van der Waals surface area (Å²) in [7, 11) is 1.64. The number of hydrogen-bond acceptors (Lipinski definition) is 4. The molecule has 0 radical (unpaired) electrons. The summed E-state index contributed by atoms with van der Waals surface area (Å²) in [5.74, 6) is 0.767. The fraction of sp³-hybridized carbons (Fsp3) is 0.429. The molecule has 0 aliphatic carbocycles. The number of ether oxygens (including phenoxy) is 1. The Labute approximate surface area is 123 Å². The molecule has 2 fully saturated rings. The molecule has 2 aliphatic heterocycles. The van der Waals surface area contributed by atoms with Crippen LogP contribution in [0.4, 0.5) is 5.69 Å². The van der Waals surface area contributed by atoms with Crippen LogP contribution in [0.3, 0.4) is 0 Å². The Morgan fingerprint density at radius 2 is 2.10 bits per heavy atom. The van der Waals surface area contributed by atoms with E-state index in [0.717, 1.165) is 30.8 Å². The third-order valence-electron chi connectivity index (χ3n) is 3.84. The lowest BCUT2D eigenvalue weighted by Crippen LogP contribution is -2.66. The molecular weight excluding hydrogens is 274 g/mol. The molecule has 5 nitrogen and oxygen atoms in total. The normalized spacial score (nSPS) is 25.9. The van der Waals surface area contributed by atoms with Crippen molar-refractivity contribution < 1.29 is 9.53 Å². The molecule has 0 bridgehead atoms. The van der Waals surface area contributed by atoms with Crippen molar-refractivity contribution in [3.8, 4) is 5.75 Å². The highest BCUT2D eigenvalue weighted by Crippen LogP contribution is 2.29. The molecule has 6 heteroatoms. The number of amides is 1. The standard InChI is InChI=1S/C14H17N3O2S/c1-19-10-6-4-9(5-7-10)17-12-11(3-2-8-15-12)13(18)16-14(17)20/h4-7,11-12,15H,2-3,8H2,1H3,(H,16,18,20). The number of rotatable bonds is 2. The largest absolute Gasteiger partial charge is 0.497 e. The number of nitrogens with zero attached hydrogens (tertiary/aromatic N) is 1. The number of fused-ring (bicyclic) bond motifs is 1. The second kappa shape index (κ2) is 5.38. The maximum atomic E-state index is 12.0. The van der Waals surface area contributed by atoms with Crippen LogP contribution >= 0.6 is 12.2 Å². The molecule has 2 heterocycles. The summed E-state index contributed by atoms with van der Waals surface area (Å²) in [4.78, 5) is 14.0. The average molecular weight is 291 g/mol. The molecule has 0 saturated carbocycles. The molecule has 1 amide bonds. The van der Waals surface area contributed by atoms with Gasteiger partial charge in [0.05, 0.1) is 19.2 Å². The van der Waals surface area contributed by atoms with E-state index >= 15 is 0 Å². The third-order valence-corrected chi connectivity index (χ3v) is 4.14. The first kappa shape index (κ1) is 13.3. The van der Waals surface area contributed by atoms with E-state index in [4.69, 9.17) is 17.0 Å². The first-order valence-electron chi connectivity index (χ1n) is 6.72. The molecule has 0 aromatic heterocycles. The van der Waals surface area contributed by atoms with Crippen molar-refractivity contribution in [2.75, 3.05) is 18.6 Å². The highest BCUT2D eigenvalue weighted by atomic mass is 32.1. The van der Waals surface area contributed by atoms with Gasteiger partial charge in [-0.2, -0.15) is 0 Å². The van der Waals surface area contributed by atoms with Crippen LogP contribution in [0.1, 0.15) is 12.8 Å². The van der Waals surface area contributed by atoms with Gasteiger partial charge in [0, 0.05) is 5.69 Å². The van der Waals surface area contributed by atoms with Gasteiger partial charge in [-0.1, -0.05) is 0 Å². The first-order chi connectivity index (χ1) is 9.70. The lowest BCUT2D eigenvalue weighted by Gasteiger charge is -2.44. The van der Waals surface area contributed by atoms with E-state index < -0.39 is 0 Å². The summed E-state index contributed by atoms with van der Waals surface area (Å²) in [5, 5.41) is 6.66. The van der Waals surface area contributed by atoms with Gasteiger partial charge in [0.1, 0.15) is 5.75 Å². The van der Waals surface area contributed by atoms with E-state index in [0.29, 0.717) is 5.11 Å². The summed E-state index contributed by atoms with van der Waals surface area (Å²) in [5.41, 5.74) is 0.959. The van der Waals surface area contributed by atoms with Gasteiger partial charge in [-0.25, -0.2) is 0 Å². The summed E-state index contributed by atoms with van der Waals surface area (Å²) in [6.45, 7) is 0.906. The van der Waals surface area contributed by atoms with Gasteiger partial charge in [-0.05, 0) is 55.9 Å². The highest BCUT2D eigenvalue weighted by molar-refractivity contribution is 7.80. The van der Waals surface area contributed by atoms with Crippen LogP contribution in [0.25, 0.3) is 0 Å². The number of nitrogens with one attached hydrogen (secondary N) is 2. The Balaban J connectivity index is 1.92. The van der Waals surface area contributed by atoms with Gasteiger partial charge in [0.15, 0.2) is 5.11 Å². The van der Waals surface area contributed by atoms with E-state index in [1.54, 1.807) is 7.11 Å². The minimum Gasteiger partial charge on any atom is -0.497 e. The number of hydrogen-bond donors (Lipinski definition) is 2. The number of piperidine rings is 1. The second-order valence-electron chi connectivity index (χ2n) is 5.01. The van der Waals surface area contributed by atoms with Crippen LogP contribution in [0.15, 0.2) is 24.3 Å². The number of carbonyl (C=O) groups excluding carboxylic acids is 1. The van der Waals surface area contributed by atoms with Gasteiger partial charge < -0.3 is 15.0 Å². The van der Waals surface area contributed by atoms with Crippen molar-refractivity contribution in [1.82, 2.24) is 10.6 Å². The molecular formula is C14H17N3O2S. The van der Waals surface area contributed by atoms with E-state index in [1.165, 1.54) is 0 Å². The lowest BCUT2D eigenvalue weighted by molar-refractivity contribution is -0.125. The van der Waals surface area contributed by atoms with Crippen molar-refractivity contribution >= 4 is 28.9 Å². The monoisotopic (exact) mass is 291 g/mol. The number of carbonyl (C=O) groups is 1. The predicted molar refractivity (Wildman–Crippen MR) is 80.7 cm³/mol. The van der Waals surface area contributed by atoms with Crippen molar-refractivity contribution in [2.45, 2.75) is 19.0 Å². The SMILES string of the molecule is COc1ccc(N2C(=S)NC(=O)C3CCCNC32)cc1. The maximum absolute atomic E-state index is 12.0. The van der Waals surface area contributed by atoms with Gasteiger partial charge in [0.25, 0.3) is 0 Å². The van der Waals surface area contributed by atoms with Crippen LogP contribution in [-0.2, 0) is 4.79 Å². The van der Waals surface area contributed by atoms with Crippen molar-refractivity contribution in [3.63, 3.8) is 0 Å². The van der Waals surface area contributed by atoms with Crippen molar-refractivity contribution in [1.29, 1.82) is 0 Å². The lowest BCUT2D eigenvalue weighted by atomic mass is 9.92. The van der Waals surface area contributed by atoms with Crippen LogP contribution < -0.4 is 20.3 Å². The number of anilines is 1. The third kappa shape index (κ3) is 2.25. The minimum absolute atomic E-state index is 0.0250. The molecule has 2 saturated heterocycles. The molecule has 0 spiro atoms. The minimum atomic E-state index is -0.0578. The molecule has 2 aliphatic rings. The first-order valence-corrected chi connectivity index (χ1v) is 7.13. The van der Waals surface area contributed by atoms with Crippen molar-refractivity contribution in [2.24, 2.45) is 5.92 Å². The van der Waals surface area contributed by atoms with Crippen molar-refractivity contribution in [3.05, 3.63) is 24.3 Å². The second-order valence-corrected chi connectivity index (χ2v) is 5.40. The fourth-order valence-corrected chi connectivity index (χ4v) is 3.14. The molecule has 2 N–H and O–H groups in total.